The fraction of sp³-hybridized carbons (Fsp3) is 0.158. The number of nitrogens with zero attached hydrogens (tertiary/aromatic N) is 4. The number of sulfonamides is 1. The van der Waals surface area contributed by atoms with E-state index in [0.717, 1.165) is 4.31 Å². The van der Waals surface area contributed by atoms with Gasteiger partial charge in [-0.2, -0.15) is 0 Å². The van der Waals surface area contributed by atoms with E-state index in [1.54, 1.807) is 31.2 Å². The second-order valence-electron chi connectivity index (χ2n) is 6.59. The first kappa shape index (κ1) is 22.4. The number of hydrogen-bond acceptors (Lipinski definition) is 6. The number of hydrazine groups is 1. The van der Waals surface area contributed by atoms with E-state index in [-0.39, 0.29) is 16.3 Å². The molecule has 10 nitrogen and oxygen atoms in total. The molecule has 2 amide bonds. The first-order valence-electron chi connectivity index (χ1n) is 8.92. The van der Waals surface area contributed by atoms with E-state index < -0.39 is 21.8 Å². The van der Waals surface area contributed by atoms with Crippen LogP contribution in [0.1, 0.15) is 26.8 Å². The lowest BCUT2D eigenvalue weighted by Gasteiger charge is -2.12. The lowest BCUT2D eigenvalue weighted by Crippen LogP contribution is -2.42. The van der Waals surface area contributed by atoms with Crippen molar-refractivity contribution in [1.29, 1.82) is 0 Å². The van der Waals surface area contributed by atoms with E-state index in [4.69, 9.17) is 11.6 Å². The molecule has 3 rings (SSSR count). The van der Waals surface area contributed by atoms with Crippen LogP contribution in [0.5, 0.6) is 0 Å². The van der Waals surface area contributed by atoms with Crippen LogP contribution in [-0.2, 0) is 10.0 Å². The molecule has 0 aliphatic carbocycles. The van der Waals surface area contributed by atoms with Gasteiger partial charge in [-0.25, -0.2) is 22.4 Å². The van der Waals surface area contributed by atoms with Gasteiger partial charge in [0.2, 0.25) is 15.8 Å². The summed E-state index contributed by atoms with van der Waals surface area (Å²) in [5.41, 5.74) is 5.17. The van der Waals surface area contributed by atoms with Crippen molar-refractivity contribution in [3.63, 3.8) is 0 Å². The molecule has 0 saturated carbocycles. The van der Waals surface area contributed by atoms with Crippen LogP contribution in [0, 0.1) is 6.92 Å². The Labute approximate surface area is 183 Å². The number of halogens is 1. The Bertz CT molecular complexity index is 1240. The summed E-state index contributed by atoms with van der Waals surface area (Å²) in [7, 11) is -0.925. The number of amides is 2. The molecule has 2 N–H and O–H groups in total. The molecular formula is C19H19ClN6O4S. The topological polar surface area (TPSA) is 126 Å². The third-order valence-corrected chi connectivity index (χ3v) is 6.27. The van der Waals surface area contributed by atoms with E-state index in [9.17, 15) is 18.0 Å². The molecule has 0 atom stereocenters. The number of aryl methyl sites for hydroxylation is 1. The van der Waals surface area contributed by atoms with Crippen molar-refractivity contribution in [3.8, 4) is 5.69 Å². The van der Waals surface area contributed by atoms with Crippen molar-refractivity contribution in [1.82, 2.24) is 29.9 Å². The molecule has 1 aromatic heterocycles. The molecule has 0 spiro atoms. The Kier molecular flexibility index (Phi) is 6.39. The summed E-state index contributed by atoms with van der Waals surface area (Å²) >= 11 is 5.88. The first-order chi connectivity index (χ1) is 14.6. The SMILES string of the molecule is Cc1nc(C(=O)NNC(=O)c2cccc(S(=O)(=O)N(C)C)c2)nn1-c1ccc(Cl)cc1. The van der Waals surface area contributed by atoms with Crippen molar-refractivity contribution in [2.45, 2.75) is 11.8 Å². The van der Waals surface area contributed by atoms with E-state index in [1.165, 1.54) is 43.0 Å². The summed E-state index contributed by atoms with van der Waals surface area (Å²) in [5, 5.41) is 4.70. The van der Waals surface area contributed by atoms with Crippen molar-refractivity contribution in [2.24, 2.45) is 0 Å². The van der Waals surface area contributed by atoms with E-state index in [0.29, 0.717) is 16.5 Å². The molecule has 0 radical (unpaired) electrons. The molecule has 0 aliphatic heterocycles. The number of benzene rings is 2. The summed E-state index contributed by atoms with van der Waals surface area (Å²) in [6.45, 7) is 1.67. The van der Waals surface area contributed by atoms with Gasteiger partial charge in [0.25, 0.3) is 5.91 Å². The highest BCUT2D eigenvalue weighted by molar-refractivity contribution is 7.89. The summed E-state index contributed by atoms with van der Waals surface area (Å²) < 4.78 is 27.0. The number of carbonyl (C=O) groups is 2. The van der Waals surface area contributed by atoms with E-state index >= 15 is 0 Å². The summed E-state index contributed by atoms with van der Waals surface area (Å²) in [5.74, 6) is -1.13. The van der Waals surface area contributed by atoms with Crippen molar-refractivity contribution >= 4 is 33.4 Å². The van der Waals surface area contributed by atoms with Gasteiger partial charge in [0.05, 0.1) is 10.6 Å². The maximum atomic E-state index is 12.4. The highest BCUT2D eigenvalue weighted by Gasteiger charge is 2.20. The molecule has 0 bridgehead atoms. The molecule has 0 unspecified atom stereocenters. The van der Waals surface area contributed by atoms with Crippen molar-refractivity contribution in [3.05, 3.63) is 70.8 Å². The van der Waals surface area contributed by atoms with Crippen LogP contribution in [-0.4, -0.2) is 53.4 Å². The summed E-state index contributed by atoms with van der Waals surface area (Å²) in [4.78, 5) is 28.8. The summed E-state index contributed by atoms with van der Waals surface area (Å²) in [6.07, 6.45) is 0. The van der Waals surface area contributed by atoms with Crippen LogP contribution in [0.25, 0.3) is 5.69 Å². The fourth-order valence-corrected chi connectivity index (χ4v) is 3.64. The minimum absolute atomic E-state index is 0.0459. The first-order valence-corrected chi connectivity index (χ1v) is 10.7. The zero-order valence-corrected chi connectivity index (χ0v) is 18.4. The normalized spacial score (nSPS) is 11.4. The average Bonchev–Trinajstić information content (AvgIpc) is 3.14. The Morgan fingerprint density at radius 1 is 1.03 bits per heavy atom. The quantitative estimate of drug-likeness (QED) is 0.554. The fourth-order valence-electron chi connectivity index (χ4n) is 2.56. The molecule has 0 aliphatic rings. The zero-order valence-electron chi connectivity index (χ0n) is 16.8. The van der Waals surface area contributed by atoms with Gasteiger partial charge in [-0.05, 0) is 49.4 Å². The predicted octanol–water partition coefficient (Wildman–Crippen LogP) is 1.55. The maximum Gasteiger partial charge on any atom is 0.309 e. The van der Waals surface area contributed by atoms with Crippen LogP contribution in [0.3, 0.4) is 0 Å². The summed E-state index contributed by atoms with van der Waals surface area (Å²) in [6, 6.07) is 12.3. The molecule has 31 heavy (non-hydrogen) atoms. The van der Waals surface area contributed by atoms with Crippen LogP contribution in [0.15, 0.2) is 53.4 Å². The lowest BCUT2D eigenvalue weighted by molar-refractivity contribution is 0.0841. The van der Waals surface area contributed by atoms with Gasteiger partial charge in [0.15, 0.2) is 0 Å². The molecule has 0 saturated heterocycles. The third kappa shape index (κ3) is 4.90. The maximum absolute atomic E-state index is 12.4. The molecule has 12 heteroatoms. The number of hydrogen-bond donors (Lipinski definition) is 2. The third-order valence-electron chi connectivity index (χ3n) is 4.21. The van der Waals surface area contributed by atoms with Gasteiger partial charge in [-0.15, -0.1) is 5.10 Å². The second kappa shape index (κ2) is 8.84. The molecular weight excluding hydrogens is 444 g/mol. The van der Waals surface area contributed by atoms with Crippen LogP contribution in [0.2, 0.25) is 5.02 Å². The minimum atomic E-state index is -3.70. The van der Waals surface area contributed by atoms with Gasteiger partial charge in [-0.3, -0.25) is 20.4 Å². The Balaban J connectivity index is 1.71. The van der Waals surface area contributed by atoms with Gasteiger partial charge in [0.1, 0.15) is 5.82 Å². The zero-order chi connectivity index (χ0) is 22.8. The monoisotopic (exact) mass is 462 g/mol. The van der Waals surface area contributed by atoms with Crippen LogP contribution < -0.4 is 10.9 Å². The number of carbonyl (C=O) groups excluding carboxylic acids is 2. The number of aromatic nitrogens is 3. The van der Waals surface area contributed by atoms with Gasteiger partial charge in [0, 0.05) is 24.7 Å². The molecule has 3 aromatic rings. The second-order valence-corrected chi connectivity index (χ2v) is 9.18. The standard InChI is InChI=1S/C19H19ClN6O4S/c1-12-21-17(24-26(12)15-9-7-14(20)8-10-15)19(28)23-22-18(27)13-5-4-6-16(11-13)31(29,30)25(2)3/h4-11H,1-3H3,(H,22,27)(H,23,28). The van der Waals surface area contributed by atoms with E-state index in [1.807, 2.05) is 0 Å². The Morgan fingerprint density at radius 3 is 2.32 bits per heavy atom. The Morgan fingerprint density at radius 2 is 1.68 bits per heavy atom. The van der Waals surface area contributed by atoms with Gasteiger partial charge in [-0.1, -0.05) is 17.7 Å². The van der Waals surface area contributed by atoms with Gasteiger partial charge < -0.3 is 0 Å². The smallest absolute Gasteiger partial charge is 0.267 e. The predicted molar refractivity (Wildman–Crippen MR) is 113 cm³/mol. The van der Waals surface area contributed by atoms with Gasteiger partial charge >= 0.3 is 5.91 Å². The van der Waals surface area contributed by atoms with Crippen molar-refractivity contribution in [2.75, 3.05) is 14.1 Å². The highest BCUT2D eigenvalue weighted by atomic mass is 35.5. The minimum Gasteiger partial charge on any atom is -0.267 e. The molecule has 2 aromatic carbocycles. The molecule has 0 fully saturated rings. The largest absolute Gasteiger partial charge is 0.309 e. The lowest BCUT2D eigenvalue weighted by atomic mass is 10.2. The Hall–Kier alpha value is -3.28. The van der Waals surface area contributed by atoms with E-state index in [2.05, 4.69) is 20.9 Å². The average molecular weight is 463 g/mol. The molecule has 1 heterocycles. The van der Waals surface area contributed by atoms with Crippen LogP contribution >= 0.6 is 11.6 Å². The highest BCUT2D eigenvalue weighted by Crippen LogP contribution is 2.15. The molecule has 162 valence electrons. The number of nitrogens with one attached hydrogen (secondary N) is 2. The van der Waals surface area contributed by atoms with Crippen LogP contribution in [0.4, 0.5) is 0 Å². The van der Waals surface area contributed by atoms with Crippen molar-refractivity contribution < 1.29 is 18.0 Å². The number of rotatable bonds is 5.